The van der Waals surface area contributed by atoms with Gasteiger partial charge >= 0.3 is 6.36 Å². The zero-order chi connectivity index (χ0) is 22.7. The Hall–Kier alpha value is -3.79. The summed E-state index contributed by atoms with van der Waals surface area (Å²) in [5.41, 5.74) is 1.53. The second-order valence-corrected chi connectivity index (χ2v) is 6.88. The van der Waals surface area contributed by atoms with E-state index in [1.54, 1.807) is 30.3 Å². The summed E-state index contributed by atoms with van der Waals surface area (Å²) in [6.07, 6.45) is -4.27. The molecule has 0 bridgehead atoms. The fourth-order valence-corrected chi connectivity index (χ4v) is 3.15. The minimum atomic E-state index is -4.85. The first kappa shape index (κ1) is 21.4. The van der Waals surface area contributed by atoms with Crippen LogP contribution in [0.4, 0.5) is 24.7 Å². The number of anilines is 2. The van der Waals surface area contributed by atoms with Crippen LogP contribution in [0, 0.1) is 0 Å². The van der Waals surface area contributed by atoms with Crippen molar-refractivity contribution in [2.24, 2.45) is 0 Å². The van der Waals surface area contributed by atoms with E-state index in [-0.39, 0.29) is 29.4 Å². The van der Waals surface area contributed by atoms with E-state index >= 15 is 0 Å². The van der Waals surface area contributed by atoms with E-state index in [9.17, 15) is 18.0 Å². The maximum absolute atomic E-state index is 12.8. The van der Waals surface area contributed by atoms with E-state index in [2.05, 4.69) is 20.4 Å². The number of fused-ring (bicyclic) bond motifs is 2. The number of aliphatic hydroxyl groups excluding tert-OH is 1. The van der Waals surface area contributed by atoms with E-state index in [1.807, 2.05) is 6.07 Å². The van der Waals surface area contributed by atoms with Crippen molar-refractivity contribution in [2.45, 2.75) is 12.8 Å². The molecule has 3 N–H and O–H groups in total. The van der Waals surface area contributed by atoms with Crippen LogP contribution < -0.4 is 20.1 Å². The van der Waals surface area contributed by atoms with Crippen molar-refractivity contribution in [1.29, 1.82) is 0 Å². The minimum Gasteiger partial charge on any atom is -0.454 e. The number of halogens is 3. The lowest BCUT2D eigenvalue weighted by molar-refractivity contribution is -0.274. The number of benzene rings is 2. The Balaban J connectivity index is 1.60. The molecule has 0 unspecified atom stereocenters. The van der Waals surface area contributed by atoms with Crippen LogP contribution >= 0.6 is 0 Å². The maximum atomic E-state index is 12.8. The summed E-state index contributed by atoms with van der Waals surface area (Å²) in [4.78, 5) is 17.3. The molecule has 4 rings (SSSR count). The van der Waals surface area contributed by atoms with Gasteiger partial charge < -0.3 is 25.2 Å². The molecule has 1 amide bonds. The number of rotatable bonds is 6. The van der Waals surface area contributed by atoms with Gasteiger partial charge in [0.15, 0.2) is 5.75 Å². The van der Waals surface area contributed by atoms with Gasteiger partial charge in [0.25, 0.3) is 5.91 Å². The Labute approximate surface area is 180 Å². The van der Waals surface area contributed by atoms with Crippen LogP contribution in [-0.4, -0.2) is 35.5 Å². The third-order valence-electron chi connectivity index (χ3n) is 4.56. The predicted molar refractivity (Wildman–Crippen MR) is 111 cm³/mol. The van der Waals surface area contributed by atoms with Crippen molar-refractivity contribution in [3.63, 3.8) is 0 Å². The first-order valence-electron chi connectivity index (χ1n) is 9.67. The number of pyridine rings is 1. The molecule has 1 aromatic heterocycles. The molecular weight excluding hydrogens is 427 g/mol. The number of amides is 1. The molecule has 2 aromatic carbocycles. The van der Waals surface area contributed by atoms with Crippen LogP contribution in [0.2, 0.25) is 0 Å². The van der Waals surface area contributed by atoms with Gasteiger partial charge in [-0.25, -0.2) is 4.98 Å². The Morgan fingerprint density at radius 2 is 1.91 bits per heavy atom. The van der Waals surface area contributed by atoms with E-state index in [1.165, 1.54) is 6.07 Å². The van der Waals surface area contributed by atoms with Gasteiger partial charge in [0, 0.05) is 24.8 Å². The van der Waals surface area contributed by atoms with Gasteiger partial charge in [0.1, 0.15) is 17.3 Å². The quantitative estimate of drug-likeness (QED) is 0.472. The number of ether oxygens (including phenoxy) is 2. The summed E-state index contributed by atoms with van der Waals surface area (Å²) < 4.78 is 47.2. The molecule has 10 heteroatoms. The molecule has 0 radical (unpaired) electrons. The van der Waals surface area contributed by atoms with E-state index in [0.29, 0.717) is 30.0 Å². The van der Waals surface area contributed by atoms with E-state index in [0.717, 1.165) is 12.1 Å². The fourth-order valence-electron chi connectivity index (χ4n) is 3.15. The van der Waals surface area contributed by atoms with Crippen molar-refractivity contribution in [3.8, 4) is 28.5 Å². The Morgan fingerprint density at radius 3 is 2.69 bits per heavy atom. The van der Waals surface area contributed by atoms with Crippen molar-refractivity contribution >= 4 is 17.4 Å². The Kier molecular flexibility index (Phi) is 5.87. The standard InChI is InChI=1S/C22H18F3N3O4/c23-22(24,25)32-14-6-8-19-17(12-14)28-21(30)15-11-13(5-7-18(15)31-19)16-3-1-4-20(27-16)26-9-2-10-29/h1,3-8,11-12,29H,2,9-10H2,(H,26,27)(H,28,30). The number of carbonyl (C=O) groups excluding carboxylic acids is 1. The smallest absolute Gasteiger partial charge is 0.454 e. The van der Waals surface area contributed by atoms with Gasteiger partial charge in [-0.15, -0.1) is 13.2 Å². The maximum Gasteiger partial charge on any atom is 0.573 e. The molecule has 3 aromatic rings. The summed E-state index contributed by atoms with van der Waals surface area (Å²) in [7, 11) is 0. The van der Waals surface area contributed by atoms with Crippen molar-refractivity contribution < 1.29 is 32.5 Å². The second-order valence-electron chi connectivity index (χ2n) is 6.88. The van der Waals surface area contributed by atoms with Crippen molar-refractivity contribution in [2.75, 3.05) is 23.8 Å². The number of nitrogens with zero attached hydrogens (tertiary/aromatic N) is 1. The molecule has 1 aliphatic heterocycles. The third kappa shape index (κ3) is 4.92. The summed E-state index contributed by atoms with van der Waals surface area (Å²) in [5.74, 6) is 0.0546. The molecule has 0 spiro atoms. The lowest BCUT2D eigenvalue weighted by Crippen LogP contribution is -2.17. The Bertz CT molecular complexity index is 1150. The first-order valence-corrected chi connectivity index (χ1v) is 9.67. The molecule has 0 atom stereocenters. The van der Waals surface area contributed by atoms with Gasteiger partial charge in [-0.2, -0.15) is 0 Å². The normalized spacial score (nSPS) is 12.7. The van der Waals surface area contributed by atoms with Gasteiger partial charge in [-0.1, -0.05) is 6.07 Å². The van der Waals surface area contributed by atoms with E-state index in [4.69, 9.17) is 9.84 Å². The number of aromatic nitrogens is 1. The summed E-state index contributed by atoms with van der Waals surface area (Å²) in [6, 6.07) is 13.8. The first-order chi connectivity index (χ1) is 15.3. The van der Waals surface area contributed by atoms with Crippen LogP contribution in [0.3, 0.4) is 0 Å². The topological polar surface area (TPSA) is 92.7 Å². The highest BCUT2D eigenvalue weighted by atomic mass is 19.4. The molecule has 0 fully saturated rings. The lowest BCUT2D eigenvalue weighted by Gasteiger charge is -2.12. The lowest BCUT2D eigenvalue weighted by atomic mass is 10.1. The number of aliphatic hydroxyl groups is 1. The number of hydrogen-bond donors (Lipinski definition) is 3. The largest absolute Gasteiger partial charge is 0.573 e. The molecule has 2 heterocycles. The van der Waals surface area contributed by atoms with Gasteiger partial charge in [0.05, 0.1) is 16.9 Å². The van der Waals surface area contributed by atoms with E-state index < -0.39 is 18.0 Å². The highest BCUT2D eigenvalue weighted by molar-refractivity contribution is 6.08. The van der Waals surface area contributed by atoms with Crippen LogP contribution in [0.15, 0.2) is 54.6 Å². The SMILES string of the molecule is O=C1Nc2cc(OC(F)(F)F)ccc2Oc2ccc(-c3cccc(NCCCO)n3)cc21. The summed E-state index contributed by atoms with van der Waals surface area (Å²) in [5, 5.41) is 14.6. The molecule has 0 aliphatic carbocycles. The molecule has 7 nitrogen and oxygen atoms in total. The third-order valence-corrected chi connectivity index (χ3v) is 4.56. The highest BCUT2D eigenvalue weighted by Crippen LogP contribution is 2.39. The number of nitrogens with one attached hydrogen (secondary N) is 2. The summed E-state index contributed by atoms with van der Waals surface area (Å²) >= 11 is 0. The predicted octanol–water partition coefficient (Wildman–Crippen LogP) is 4.80. The molecular formula is C22H18F3N3O4. The monoisotopic (exact) mass is 445 g/mol. The summed E-state index contributed by atoms with van der Waals surface area (Å²) in [6.45, 7) is 0.629. The molecule has 0 saturated carbocycles. The Morgan fingerprint density at radius 1 is 1.09 bits per heavy atom. The van der Waals surface area contributed by atoms with Crippen molar-refractivity contribution in [3.05, 3.63) is 60.2 Å². The van der Waals surface area contributed by atoms with Crippen LogP contribution in [0.5, 0.6) is 17.2 Å². The zero-order valence-electron chi connectivity index (χ0n) is 16.6. The van der Waals surface area contributed by atoms with Gasteiger partial charge in [-0.05, 0) is 48.9 Å². The van der Waals surface area contributed by atoms with Crippen LogP contribution in [0.25, 0.3) is 11.3 Å². The van der Waals surface area contributed by atoms with Crippen molar-refractivity contribution in [1.82, 2.24) is 4.98 Å². The van der Waals surface area contributed by atoms with Gasteiger partial charge in [-0.3, -0.25) is 4.79 Å². The molecule has 32 heavy (non-hydrogen) atoms. The average molecular weight is 445 g/mol. The average Bonchev–Trinajstić information content (AvgIpc) is 2.88. The van der Waals surface area contributed by atoms with Gasteiger partial charge in [0.2, 0.25) is 0 Å². The zero-order valence-corrected chi connectivity index (χ0v) is 16.6. The molecule has 1 aliphatic rings. The second kappa shape index (κ2) is 8.75. The molecule has 0 saturated heterocycles. The molecule has 166 valence electrons. The highest BCUT2D eigenvalue weighted by Gasteiger charge is 2.32. The number of carbonyl (C=O) groups is 1. The minimum absolute atomic E-state index is 0.0581. The number of hydrogen-bond acceptors (Lipinski definition) is 6. The number of alkyl halides is 3. The van der Waals surface area contributed by atoms with Crippen LogP contribution in [-0.2, 0) is 0 Å². The van der Waals surface area contributed by atoms with Crippen LogP contribution in [0.1, 0.15) is 16.8 Å². The fraction of sp³-hybridized carbons (Fsp3) is 0.182.